The van der Waals surface area contributed by atoms with Crippen LogP contribution >= 0.6 is 0 Å². The van der Waals surface area contributed by atoms with Crippen molar-refractivity contribution in [1.29, 1.82) is 0 Å². The Morgan fingerprint density at radius 1 is 1.15 bits per heavy atom. The molecule has 1 spiro atoms. The molecule has 0 radical (unpaired) electrons. The first kappa shape index (κ1) is 22.9. The minimum absolute atomic E-state index is 0.0995. The maximum absolute atomic E-state index is 12.4. The lowest BCUT2D eigenvalue weighted by atomic mass is 9.52. The van der Waals surface area contributed by atoms with Crippen molar-refractivity contribution in [2.45, 2.75) is 63.0 Å². The number of carbonyl (C=O) groups is 3. The highest BCUT2D eigenvalue weighted by Crippen LogP contribution is 2.62. The fraction of sp³-hybridized carbons (Fsp3) is 0.577. The predicted octanol–water partition coefficient (Wildman–Crippen LogP) is 2.61. The number of esters is 3. The molecule has 2 aliphatic heterocycles. The summed E-state index contributed by atoms with van der Waals surface area (Å²) in [5.41, 5.74) is 2.18. The molecule has 1 fully saturated rings. The lowest BCUT2D eigenvalue weighted by molar-refractivity contribution is -0.147. The first-order valence-corrected chi connectivity index (χ1v) is 12.1. The van der Waals surface area contributed by atoms with Crippen molar-refractivity contribution in [2.75, 3.05) is 20.3 Å². The summed E-state index contributed by atoms with van der Waals surface area (Å²) < 4.78 is 22.4. The minimum Gasteiger partial charge on any atom is -0.484 e. The summed E-state index contributed by atoms with van der Waals surface area (Å²) in [6.45, 7) is 2.51. The fourth-order valence-corrected chi connectivity index (χ4v) is 6.37. The van der Waals surface area contributed by atoms with E-state index in [9.17, 15) is 14.4 Å². The van der Waals surface area contributed by atoms with Gasteiger partial charge in [-0.05, 0) is 43.9 Å². The Hall–Kier alpha value is -2.87. The van der Waals surface area contributed by atoms with Gasteiger partial charge >= 0.3 is 17.9 Å². The average Bonchev–Trinajstić information content (AvgIpc) is 3.16. The van der Waals surface area contributed by atoms with Gasteiger partial charge in [-0.2, -0.15) is 0 Å². The van der Waals surface area contributed by atoms with Crippen molar-refractivity contribution in [3.63, 3.8) is 0 Å². The molecule has 5 atom stereocenters. The molecule has 0 aromatic heterocycles. The zero-order valence-corrected chi connectivity index (χ0v) is 19.6. The second-order valence-corrected chi connectivity index (χ2v) is 9.65. The number of nitrogens with one attached hydrogen (secondary N) is 1. The molecule has 1 saturated heterocycles. The minimum atomic E-state index is -0.376. The van der Waals surface area contributed by atoms with Crippen LogP contribution in [0, 0.1) is 11.8 Å². The van der Waals surface area contributed by atoms with E-state index < -0.39 is 0 Å². The number of carbonyl (C=O) groups excluding carboxylic acids is 3. The van der Waals surface area contributed by atoms with Gasteiger partial charge in [-0.3, -0.25) is 14.4 Å². The van der Waals surface area contributed by atoms with Crippen LogP contribution < -0.4 is 14.8 Å². The van der Waals surface area contributed by atoms with Gasteiger partial charge in [0.2, 0.25) is 0 Å². The van der Waals surface area contributed by atoms with Gasteiger partial charge < -0.3 is 24.3 Å². The number of hydrogen-bond acceptors (Lipinski definition) is 8. The van der Waals surface area contributed by atoms with Crippen LogP contribution in [0.3, 0.4) is 0 Å². The highest BCUT2D eigenvalue weighted by atomic mass is 16.6. The molecule has 2 aliphatic carbocycles. The quantitative estimate of drug-likeness (QED) is 0.268. The molecule has 0 amide bonds. The van der Waals surface area contributed by atoms with E-state index in [4.69, 9.17) is 14.2 Å². The third kappa shape index (κ3) is 3.78. The molecule has 2 bridgehead atoms. The molecule has 4 aliphatic rings. The first-order chi connectivity index (χ1) is 16.4. The number of ether oxygens (including phenoxy) is 4. The van der Waals surface area contributed by atoms with E-state index in [1.807, 2.05) is 6.07 Å². The van der Waals surface area contributed by atoms with Gasteiger partial charge in [0.1, 0.15) is 12.7 Å². The van der Waals surface area contributed by atoms with E-state index in [1.165, 1.54) is 25.2 Å². The Morgan fingerprint density at radius 2 is 1.94 bits per heavy atom. The molecule has 182 valence electrons. The maximum Gasteiger partial charge on any atom is 0.308 e. The second-order valence-electron chi connectivity index (χ2n) is 9.65. The summed E-state index contributed by atoms with van der Waals surface area (Å²) in [6, 6.07) is 4.21. The van der Waals surface area contributed by atoms with Crippen LogP contribution in [0.4, 0.5) is 0 Å². The zero-order valence-electron chi connectivity index (χ0n) is 19.6. The third-order valence-electron chi connectivity index (χ3n) is 7.72. The molecule has 2 heterocycles. The summed E-state index contributed by atoms with van der Waals surface area (Å²) >= 11 is 0. The Kier molecular flexibility index (Phi) is 6.10. The van der Waals surface area contributed by atoms with Crippen LogP contribution in [-0.2, 0) is 35.7 Å². The third-order valence-corrected chi connectivity index (χ3v) is 7.72. The monoisotopic (exact) mass is 469 g/mol. The van der Waals surface area contributed by atoms with E-state index in [1.54, 1.807) is 0 Å². The lowest BCUT2D eigenvalue weighted by Crippen LogP contribution is -2.64. The van der Waals surface area contributed by atoms with Crippen molar-refractivity contribution in [3.05, 3.63) is 35.4 Å². The van der Waals surface area contributed by atoms with Crippen molar-refractivity contribution in [3.8, 4) is 11.5 Å². The van der Waals surface area contributed by atoms with Crippen LogP contribution in [0.15, 0.2) is 24.3 Å². The summed E-state index contributed by atoms with van der Waals surface area (Å²) in [4.78, 5) is 35.3. The van der Waals surface area contributed by atoms with Gasteiger partial charge in [0.25, 0.3) is 0 Å². The average molecular weight is 470 g/mol. The van der Waals surface area contributed by atoms with Crippen molar-refractivity contribution < 1.29 is 33.3 Å². The second kappa shape index (κ2) is 9.06. The number of hydrogen-bond donors (Lipinski definition) is 1. The Balaban J connectivity index is 1.34. The molecule has 5 rings (SSSR count). The van der Waals surface area contributed by atoms with Gasteiger partial charge in [-0.25, -0.2) is 0 Å². The first-order valence-electron chi connectivity index (χ1n) is 12.1. The Labute approximate surface area is 199 Å². The van der Waals surface area contributed by atoms with Gasteiger partial charge in [-0.15, -0.1) is 0 Å². The zero-order chi connectivity index (χ0) is 23.9. The van der Waals surface area contributed by atoms with Crippen LogP contribution in [-0.4, -0.2) is 50.3 Å². The molecule has 8 nitrogen and oxygen atoms in total. The molecule has 1 N–H and O–H groups in total. The summed E-state index contributed by atoms with van der Waals surface area (Å²) in [6.07, 6.45) is 7.75. The van der Waals surface area contributed by atoms with Crippen molar-refractivity contribution in [2.24, 2.45) is 11.8 Å². The van der Waals surface area contributed by atoms with Gasteiger partial charge in [0, 0.05) is 48.6 Å². The van der Waals surface area contributed by atoms with Crippen LogP contribution in [0.5, 0.6) is 11.5 Å². The lowest BCUT2D eigenvalue weighted by Gasteiger charge is -2.54. The molecule has 1 aromatic carbocycles. The number of unbranched alkanes of at least 4 members (excludes halogenated alkanes) is 1. The van der Waals surface area contributed by atoms with E-state index in [0.717, 1.165) is 19.4 Å². The molecule has 34 heavy (non-hydrogen) atoms. The van der Waals surface area contributed by atoms with Gasteiger partial charge in [0.15, 0.2) is 11.5 Å². The van der Waals surface area contributed by atoms with Crippen LogP contribution in [0.25, 0.3) is 0 Å². The van der Waals surface area contributed by atoms with E-state index >= 15 is 0 Å². The molecular weight excluding hydrogens is 438 g/mol. The largest absolute Gasteiger partial charge is 0.484 e. The fourth-order valence-electron chi connectivity index (χ4n) is 6.37. The Bertz CT molecular complexity index is 1030. The normalized spacial score (nSPS) is 29.6. The summed E-state index contributed by atoms with van der Waals surface area (Å²) in [7, 11) is 1.36. The van der Waals surface area contributed by atoms with Crippen molar-refractivity contribution >= 4 is 17.9 Å². The number of rotatable bonds is 8. The predicted molar refractivity (Wildman–Crippen MR) is 122 cm³/mol. The molecule has 0 unspecified atom stereocenters. The standard InChI is InChI=1S/C26H31NO7/c1-15(28)33-20-10-8-16-13-19-18-9-7-17(14-32-22(30)6-4-3-5-21(29)31-2)25-26(18,11-12-27-19)23(16)24(20)34-25/h7-10,17-19,25,27H,3-6,11-14H2,1-2H3/t17-,18+,19-,25+,26+/m1/s1. The van der Waals surface area contributed by atoms with Crippen LogP contribution in [0.1, 0.15) is 50.2 Å². The maximum atomic E-state index is 12.4. The smallest absolute Gasteiger partial charge is 0.308 e. The number of methoxy groups -OCH3 is 1. The van der Waals surface area contributed by atoms with Gasteiger partial charge in [0.05, 0.1) is 7.11 Å². The molecular formula is C26H31NO7. The topological polar surface area (TPSA) is 100 Å². The highest BCUT2D eigenvalue weighted by Gasteiger charge is 2.63. The number of piperidine rings is 1. The molecule has 1 aromatic rings. The van der Waals surface area contributed by atoms with Crippen molar-refractivity contribution in [1.82, 2.24) is 5.32 Å². The van der Waals surface area contributed by atoms with E-state index in [0.29, 0.717) is 36.8 Å². The van der Waals surface area contributed by atoms with Gasteiger partial charge in [-0.1, -0.05) is 18.2 Å². The molecule has 0 saturated carbocycles. The highest BCUT2D eigenvalue weighted by molar-refractivity contribution is 5.73. The number of benzene rings is 1. The summed E-state index contributed by atoms with van der Waals surface area (Å²) in [5.74, 6) is 0.390. The Morgan fingerprint density at radius 3 is 2.71 bits per heavy atom. The molecule has 8 heteroatoms. The van der Waals surface area contributed by atoms with E-state index in [-0.39, 0.29) is 54.3 Å². The summed E-state index contributed by atoms with van der Waals surface area (Å²) in [5, 5.41) is 3.67. The SMILES string of the molecule is COC(=O)CCCCC(=O)OC[C@H]1C=C[C@H]2[C@H]3Cc4ccc(OC(C)=O)c5c4[C@@]2(CCN3)[C@H]1O5. The van der Waals surface area contributed by atoms with Crippen LogP contribution in [0.2, 0.25) is 0 Å². The van der Waals surface area contributed by atoms with E-state index in [2.05, 4.69) is 28.3 Å².